The van der Waals surface area contributed by atoms with Gasteiger partial charge in [0.2, 0.25) is 17.8 Å². The first-order chi connectivity index (χ1) is 11.7. The van der Waals surface area contributed by atoms with Crippen LogP contribution in [0.1, 0.15) is 5.56 Å². The van der Waals surface area contributed by atoms with Crippen molar-refractivity contribution in [3.8, 4) is 0 Å². The van der Waals surface area contributed by atoms with Crippen molar-refractivity contribution in [3.05, 3.63) is 66.2 Å². The molecular formula is C18H16N4O2. The van der Waals surface area contributed by atoms with Gasteiger partial charge in [-0.2, -0.15) is 0 Å². The predicted octanol–water partition coefficient (Wildman–Crippen LogP) is 2.33. The number of anilines is 1. The summed E-state index contributed by atoms with van der Waals surface area (Å²) in [6.07, 6.45) is 3.08. The molecular weight excluding hydrogens is 304 g/mol. The molecule has 0 fully saturated rings. The standard InChI is InChI=1S/C18H16N4O2/c23-16(11-10-13-6-2-1-3-7-13)19-12-17(24)22-18-20-14-8-4-5-9-15(14)21-18/h1-11H,12H2,(H,19,23)(H2,20,21,22,24). The maximum absolute atomic E-state index is 11.9. The van der Waals surface area contributed by atoms with Crippen molar-refractivity contribution >= 4 is 34.9 Å². The van der Waals surface area contributed by atoms with Gasteiger partial charge in [0.15, 0.2) is 0 Å². The fourth-order valence-corrected chi connectivity index (χ4v) is 2.15. The van der Waals surface area contributed by atoms with Crippen LogP contribution in [0.3, 0.4) is 0 Å². The van der Waals surface area contributed by atoms with E-state index in [1.54, 1.807) is 6.08 Å². The maximum Gasteiger partial charge on any atom is 0.246 e. The molecule has 1 heterocycles. The van der Waals surface area contributed by atoms with Crippen LogP contribution >= 0.6 is 0 Å². The van der Waals surface area contributed by atoms with E-state index >= 15 is 0 Å². The van der Waals surface area contributed by atoms with Crippen molar-refractivity contribution in [2.45, 2.75) is 0 Å². The Morgan fingerprint density at radius 2 is 1.79 bits per heavy atom. The van der Waals surface area contributed by atoms with Crippen LogP contribution in [0.2, 0.25) is 0 Å². The van der Waals surface area contributed by atoms with Gasteiger partial charge in [-0.05, 0) is 23.8 Å². The van der Waals surface area contributed by atoms with E-state index in [0.29, 0.717) is 5.95 Å². The fourth-order valence-electron chi connectivity index (χ4n) is 2.15. The molecule has 0 aliphatic rings. The second-order valence-corrected chi connectivity index (χ2v) is 5.11. The van der Waals surface area contributed by atoms with Crippen LogP contribution in [0.25, 0.3) is 17.1 Å². The van der Waals surface area contributed by atoms with Gasteiger partial charge in [-0.15, -0.1) is 0 Å². The van der Waals surface area contributed by atoms with Gasteiger partial charge < -0.3 is 10.3 Å². The van der Waals surface area contributed by atoms with Gasteiger partial charge in [0.1, 0.15) is 0 Å². The number of imidazole rings is 1. The molecule has 2 aromatic carbocycles. The molecule has 0 radical (unpaired) electrons. The third kappa shape index (κ3) is 4.07. The van der Waals surface area contributed by atoms with Crippen molar-refractivity contribution in [3.63, 3.8) is 0 Å². The molecule has 6 heteroatoms. The molecule has 0 bridgehead atoms. The van der Waals surface area contributed by atoms with E-state index in [4.69, 9.17) is 0 Å². The summed E-state index contributed by atoms with van der Waals surface area (Å²) in [5.41, 5.74) is 2.52. The zero-order valence-electron chi connectivity index (χ0n) is 12.8. The highest BCUT2D eigenvalue weighted by Gasteiger charge is 2.07. The van der Waals surface area contributed by atoms with E-state index in [0.717, 1.165) is 16.6 Å². The number of benzene rings is 2. The Kier molecular flexibility index (Phi) is 4.67. The fraction of sp³-hybridized carbons (Fsp3) is 0.0556. The molecule has 2 amide bonds. The number of carbonyl (C=O) groups is 2. The molecule has 3 rings (SSSR count). The minimum Gasteiger partial charge on any atom is -0.343 e. The lowest BCUT2D eigenvalue weighted by atomic mass is 10.2. The molecule has 120 valence electrons. The second-order valence-electron chi connectivity index (χ2n) is 5.11. The Balaban J connectivity index is 1.50. The SMILES string of the molecule is O=C(C=Cc1ccccc1)NCC(=O)Nc1nc2ccccc2[nH]1. The molecule has 1 aromatic heterocycles. The van der Waals surface area contributed by atoms with Gasteiger partial charge in [-0.1, -0.05) is 42.5 Å². The summed E-state index contributed by atoms with van der Waals surface area (Å²) in [4.78, 5) is 30.8. The van der Waals surface area contributed by atoms with Crippen molar-refractivity contribution < 1.29 is 9.59 Å². The van der Waals surface area contributed by atoms with E-state index < -0.39 is 0 Å². The van der Waals surface area contributed by atoms with Gasteiger partial charge in [0.25, 0.3) is 0 Å². The second kappa shape index (κ2) is 7.23. The third-order valence-electron chi connectivity index (χ3n) is 3.30. The number of H-pyrrole nitrogens is 1. The number of para-hydroxylation sites is 2. The number of fused-ring (bicyclic) bond motifs is 1. The summed E-state index contributed by atoms with van der Waals surface area (Å²) in [5.74, 6) is -0.329. The van der Waals surface area contributed by atoms with Crippen LogP contribution in [-0.4, -0.2) is 28.3 Å². The van der Waals surface area contributed by atoms with E-state index in [1.165, 1.54) is 6.08 Å². The quantitative estimate of drug-likeness (QED) is 0.631. The van der Waals surface area contributed by atoms with Crippen LogP contribution in [-0.2, 0) is 9.59 Å². The normalized spacial score (nSPS) is 10.8. The first-order valence-electron chi connectivity index (χ1n) is 7.46. The van der Waals surface area contributed by atoms with Crippen molar-refractivity contribution in [1.82, 2.24) is 15.3 Å². The van der Waals surface area contributed by atoms with Gasteiger partial charge >= 0.3 is 0 Å². The Labute approximate surface area is 138 Å². The Bertz CT molecular complexity index is 851. The number of aromatic nitrogens is 2. The molecule has 0 saturated carbocycles. The number of rotatable bonds is 5. The average molecular weight is 320 g/mol. The smallest absolute Gasteiger partial charge is 0.246 e. The number of carbonyl (C=O) groups excluding carboxylic acids is 2. The minimum absolute atomic E-state index is 0.130. The Hall–Kier alpha value is -3.41. The third-order valence-corrected chi connectivity index (χ3v) is 3.30. The molecule has 0 aliphatic heterocycles. The topological polar surface area (TPSA) is 86.9 Å². The van der Waals surface area contributed by atoms with Crippen LogP contribution in [0.4, 0.5) is 5.95 Å². The van der Waals surface area contributed by atoms with Crippen LogP contribution < -0.4 is 10.6 Å². The van der Waals surface area contributed by atoms with Gasteiger partial charge in [-0.25, -0.2) is 4.98 Å². The predicted molar refractivity (Wildman–Crippen MR) is 93.2 cm³/mol. The largest absolute Gasteiger partial charge is 0.343 e. The number of hydrogen-bond acceptors (Lipinski definition) is 3. The first kappa shape index (κ1) is 15.5. The van der Waals surface area contributed by atoms with E-state index in [1.807, 2.05) is 54.6 Å². The molecule has 3 aromatic rings. The van der Waals surface area contributed by atoms with Crippen LogP contribution in [0.15, 0.2) is 60.7 Å². The molecule has 6 nitrogen and oxygen atoms in total. The number of amides is 2. The summed E-state index contributed by atoms with van der Waals surface area (Å²) in [6, 6.07) is 16.9. The highest BCUT2D eigenvalue weighted by Crippen LogP contribution is 2.12. The van der Waals surface area contributed by atoms with Gasteiger partial charge in [0.05, 0.1) is 17.6 Å². The lowest BCUT2D eigenvalue weighted by Crippen LogP contribution is -2.31. The minimum atomic E-state index is -0.351. The Morgan fingerprint density at radius 3 is 2.58 bits per heavy atom. The van der Waals surface area contributed by atoms with Crippen molar-refractivity contribution in [2.75, 3.05) is 11.9 Å². The number of nitrogens with one attached hydrogen (secondary N) is 3. The Morgan fingerprint density at radius 1 is 1.04 bits per heavy atom. The van der Waals surface area contributed by atoms with Crippen molar-refractivity contribution in [2.24, 2.45) is 0 Å². The highest BCUT2D eigenvalue weighted by atomic mass is 16.2. The number of hydrogen-bond donors (Lipinski definition) is 3. The van der Waals surface area contributed by atoms with E-state index in [-0.39, 0.29) is 18.4 Å². The zero-order chi connectivity index (χ0) is 16.8. The highest BCUT2D eigenvalue weighted by molar-refractivity contribution is 5.97. The first-order valence-corrected chi connectivity index (χ1v) is 7.46. The van der Waals surface area contributed by atoms with Gasteiger partial charge in [-0.3, -0.25) is 14.9 Å². The summed E-state index contributed by atoms with van der Waals surface area (Å²) in [7, 11) is 0. The molecule has 3 N–H and O–H groups in total. The van der Waals surface area contributed by atoms with Crippen LogP contribution in [0, 0.1) is 0 Å². The average Bonchev–Trinajstić information content (AvgIpc) is 3.01. The van der Waals surface area contributed by atoms with Crippen LogP contribution in [0.5, 0.6) is 0 Å². The number of aromatic amines is 1. The summed E-state index contributed by atoms with van der Waals surface area (Å²) in [5, 5.41) is 5.14. The molecule has 0 atom stereocenters. The van der Waals surface area contributed by atoms with E-state index in [2.05, 4.69) is 20.6 Å². The van der Waals surface area contributed by atoms with Crippen molar-refractivity contribution in [1.29, 1.82) is 0 Å². The molecule has 0 unspecified atom stereocenters. The summed E-state index contributed by atoms with van der Waals surface area (Å²) >= 11 is 0. The number of nitrogens with zero attached hydrogens (tertiary/aromatic N) is 1. The lowest BCUT2D eigenvalue weighted by molar-refractivity contribution is -0.121. The molecule has 0 saturated heterocycles. The molecule has 24 heavy (non-hydrogen) atoms. The summed E-state index contributed by atoms with van der Waals surface area (Å²) in [6.45, 7) is -0.130. The molecule has 0 spiro atoms. The summed E-state index contributed by atoms with van der Waals surface area (Å²) < 4.78 is 0. The van der Waals surface area contributed by atoms with E-state index in [9.17, 15) is 9.59 Å². The zero-order valence-corrected chi connectivity index (χ0v) is 12.8. The molecule has 0 aliphatic carbocycles. The van der Waals surface area contributed by atoms with Gasteiger partial charge in [0, 0.05) is 6.08 Å². The lowest BCUT2D eigenvalue weighted by Gasteiger charge is -2.02. The maximum atomic E-state index is 11.9. The monoisotopic (exact) mass is 320 g/mol.